The van der Waals surface area contributed by atoms with Crippen LogP contribution in [-0.4, -0.2) is 29.5 Å². The Balaban J connectivity index is 1.66. The lowest BCUT2D eigenvalue weighted by Gasteiger charge is -2.15. The van der Waals surface area contributed by atoms with Crippen LogP contribution >= 0.6 is 11.8 Å². The highest BCUT2D eigenvalue weighted by molar-refractivity contribution is 7.99. The Morgan fingerprint density at radius 3 is 2.75 bits per heavy atom. The van der Waals surface area contributed by atoms with Gasteiger partial charge in [0.25, 0.3) is 0 Å². The van der Waals surface area contributed by atoms with E-state index in [1.807, 2.05) is 11.8 Å². The third kappa shape index (κ3) is 3.39. The second kappa shape index (κ2) is 5.41. The van der Waals surface area contributed by atoms with Crippen molar-refractivity contribution in [3.05, 3.63) is 0 Å². The van der Waals surface area contributed by atoms with Crippen molar-refractivity contribution in [1.82, 2.24) is 5.32 Å². The van der Waals surface area contributed by atoms with Gasteiger partial charge in [-0.2, -0.15) is 11.8 Å². The molecule has 0 aromatic heterocycles. The molecule has 3 nitrogen and oxygen atoms in total. The summed E-state index contributed by atoms with van der Waals surface area (Å²) in [5, 5.41) is 3.86. The number of nitrogens with two attached hydrogens (primary N) is 1. The molecule has 3 atom stereocenters. The largest absolute Gasteiger partial charge is 0.353 e. The van der Waals surface area contributed by atoms with Crippen LogP contribution in [0.25, 0.3) is 0 Å². The van der Waals surface area contributed by atoms with Gasteiger partial charge in [-0.25, -0.2) is 0 Å². The van der Waals surface area contributed by atoms with Crippen LogP contribution in [0.5, 0.6) is 0 Å². The van der Waals surface area contributed by atoms with E-state index in [1.165, 1.54) is 19.3 Å². The Bertz CT molecular complexity index is 255. The minimum atomic E-state index is 0.0951. The second-order valence-electron chi connectivity index (χ2n) is 5.14. The number of thioether (sulfide) groups is 1. The van der Waals surface area contributed by atoms with Gasteiger partial charge < -0.3 is 11.1 Å². The molecule has 3 unspecified atom stereocenters. The van der Waals surface area contributed by atoms with E-state index in [0.29, 0.717) is 18.4 Å². The van der Waals surface area contributed by atoms with Crippen molar-refractivity contribution >= 4 is 17.7 Å². The zero-order chi connectivity index (χ0) is 11.5. The van der Waals surface area contributed by atoms with Crippen LogP contribution in [-0.2, 0) is 4.79 Å². The Morgan fingerprint density at radius 1 is 1.44 bits per heavy atom. The summed E-state index contributed by atoms with van der Waals surface area (Å²) in [7, 11) is 0. The van der Waals surface area contributed by atoms with Gasteiger partial charge in [0.05, 0.1) is 0 Å². The zero-order valence-electron chi connectivity index (χ0n) is 9.95. The van der Waals surface area contributed by atoms with Crippen LogP contribution in [0.2, 0.25) is 0 Å². The van der Waals surface area contributed by atoms with Gasteiger partial charge in [-0.15, -0.1) is 0 Å². The van der Waals surface area contributed by atoms with Gasteiger partial charge in [-0.3, -0.25) is 4.79 Å². The quantitative estimate of drug-likeness (QED) is 0.768. The van der Waals surface area contributed by atoms with E-state index in [4.69, 9.17) is 5.73 Å². The summed E-state index contributed by atoms with van der Waals surface area (Å²) in [6.07, 6.45) is 8.60. The van der Waals surface area contributed by atoms with Gasteiger partial charge in [0.2, 0.25) is 5.91 Å². The first-order valence-corrected chi connectivity index (χ1v) is 7.55. The molecule has 0 aliphatic heterocycles. The number of amides is 1. The van der Waals surface area contributed by atoms with Gasteiger partial charge >= 0.3 is 0 Å². The van der Waals surface area contributed by atoms with Crippen molar-refractivity contribution in [2.45, 2.75) is 55.9 Å². The lowest BCUT2D eigenvalue weighted by atomic mass is 10.1. The van der Waals surface area contributed by atoms with Crippen molar-refractivity contribution < 1.29 is 4.79 Å². The number of hydrogen-bond donors (Lipinski definition) is 2. The molecule has 0 aromatic rings. The molecule has 0 bridgehead atoms. The fraction of sp³-hybridized carbons (Fsp3) is 0.917. The van der Waals surface area contributed by atoms with E-state index in [-0.39, 0.29) is 11.9 Å². The average molecular weight is 242 g/mol. The van der Waals surface area contributed by atoms with Crippen molar-refractivity contribution in [2.24, 2.45) is 11.7 Å². The predicted molar refractivity (Wildman–Crippen MR) is 68.4 cm³/mol. The molecule has 3 N–H and O–H groups in total. The fourth-order valence-corrected chi connectivity index (χ4v) is 3.27. The lowest BCUT2D eigenvalue weighted by molar-refractivity contribution is -0.122. The van der Waals surface area contributed by atoms with Crippen LogP contribution in [0.1, 0.15) is 38.5 Å². The third-order valence-corrected chi connectivity index (χ3v) is 4.83. The fourth-order valence-electron chi connectivity index (χ4n) is 2.48. The van der Waals surface area contributed by atoms with Crippen LogP contribution in [0.15, 0.2) is 0 Å². The Morgan fingerprint density at radius 2 is 2.19 bits per heavy atom. The Labute approximate surface area is 102 Å². The third-order valence-electron chi connectivity index (χ3n) is 3.73. The molecule has 4 heteroatoms. The maximum Gasteiger partial charge on any atom is 0.221 e. The normalized spacial score (nSPS) is 31.4. The average Bonchev–Trinajstić information content (AvgIpc) is 3.00. The lowest BCUT2D eigenvalue weighted by Crippen LogP contribution is -2.37. The topological polar surface area (TPSA) is 55.1 Å². The molecular formula is C12H22N2OS. The van der Waals surface area contributed by atoms with Gasteiger partial charge in [-0.05, 0) is 44.3 Å². The van der Waals surface area contributed by atoms with E-state index in [9.17, 15) is 4.79 Å². The number of carbonyl (C=O) groups is 1. The summed E-state index contributed by atoms with van der Waals surface area (Å²) in [4.78, 5) is 11.7. The van der Waals surface area contributed by atoms with Crippen molar-refractivity contribution in [2.75, 3.05) is 6.26 Å². The van der Waals surface area contributed by atoms with Gasteiger partial charge in [0.1, 0.15) is 0 Å². The zero-order valence-corrected chi connectivity index (χ0v) is 10.8. The maximum atomic E-state index is 11.7. The number of hydrogen-bond acceptors (Lipinski definition) is 3. The van der Waals surface area contributed by atoms with E-state index in [0.717, 1.165) is 18.1 Å². The minimum Gasteiger partial charge on any atom is -0.353 e. The minimum absolute atomic E-state index is 0.0951. The van der Waals surface area contributed by atoms with Crippen molar-refractivity contribution in [3.8, 4) is 0 Å². The standard InChI is InChI=1S/C12H22N2OS/c1-16-10-5-4-9(6-10)14-12(15)7-11(13)8-2-3-8/h8-11H,2-7,13H2,1H3,(H,14,15). The second-order valence-corrected chi connectivity index (χ2v) is 6.28. The van der Waals surface area contributed by atoms with E-state index >= 15 is 0 Å². The van der Waals surface area contributed by atoms with Gasteiger partial charge in [0.15, 0.2) is 0 Å². The Kier molecular flexibility index (Phi) is 4.14. The molecular weight excluding hydrogens is 220 g/mol. The predicted octanol–water partition coefficient (Wildman–Crippen LogP) is 1.51. The number of nitrogens with one attached hydrogen (secondary N) is 1. The maximum absolute atomic E-state index is 11.7. The number of carbonyl (C=O) groups excluding carboxylic acids is 1. The first kappa shape index (κ1) is 12.2. The molecule has 0 saturated heterocycles. The molecule has 2 saturated carbocycles. The summed E-state index contributed by atoms with van der Waals surface area (Å²) in [6.45, 7) is 0. The van der Waals surface area contributed by atoms with Crippen LogP contribution in [0.4, 0.5) is 0 Å². The highest BCUT2D eigenvalue weighted by atomic mass is 32.2. The van der Waals surface area contributed by atoms with Crippen LogP contribution < -0.4 is 11.1 Å². The summed E-state index contributed by atoms with van der Waals surface area (Å²) in [5.74, 6) is 0.777. The molecule has 2 fully saturated rings. The Hall–Kier alpha value is -0.220. The smallest absolute Gasteiger partial charge is 0.221 e. The number of rotatable bonds is 5. The molecule has 0 heterocycles. The highest BCUT2D eigenvalue weighted by Gasteiger charge is 2.31. The van der Waals surface area contributed by atoms with Gasteiger partial charge in [0, 0.05) is 23.8 Å². The molecule has 0 radical (unpaired) electrons. The summed E-state index contributed by atoms with van der Waals surface area (Å²) in [5.41, 5.74) is 5.94. The van der Waals surface area contributed by atoms with Crippen LogP contribution in [0, 0.1) is 5.92 Å². The van der Waals surface area contributed by atoms with Crippen molar-refractivity contribution in [3.63, 3.8) is 0 Å². The molecule has 16 heavy (non-hydrogen) atoms. The molecule has 92 valence electrons. The van der Waals surface area contributed by atoms with Crippen molar-refractivity contribution in [1.29, 1.82) is 0 Å². The SMILES string of the molecule is CSC1CCC(NC(=O)CC(N)C2CC2)C1. The first-order valence-electron chi connectivity index (χ1n) is 6.26. The van der Waals surface area contributed by atoms with E-state index < -0.39 is 0 Å². The van der Waals surface area contributed by atoms with E-state index in [2.05, 4.69) is 11.6 Å². The molecule has 1 amide bonds. The summed E-state index contributed by atoms with van der Waals surface area (Å²) < 4.78 is 0. The first-order chi connectivity index (χ1) is 7.69. The van der Waals surface area contributed by atoms with E-state index in [1.54, 1.807) is 0 Å². The molecule has 2 rings (SSSR count). The monoisotopic (exact) mass is 242 g/mol. The summed E-state index contributed by atoms with van der Waals surface area (Å²) >= 11 is 1.92. The summed E-state index contributed by atoms with van der Waals surface area (Å²) in [6, 6.07) is 0.495. The molecule has 2 aliphatic carbocycles. The van der Waals surface area contributed by atoms with Crippen LogP contribution in [0.3, 0.4) is 0 Å². The van der Waals surface area contributed by atoms with Gasteiger partial charge in [-0.1, -0.05) is 0 Å². The molecule has 2 aliphatic rings. The highest BCUT2D eigenvalue weighted by Crippen LogP contribution is 2.33. The molecule has 0 aromatic carbocycles. The molecule has 0 spiro atoms.